The lowest BCUT2D eigenvalue weighted by molar-refractivity contribution is -0.136. The number of thioether (sulfide) groups is 1. The maximum absolute atomic E-state index is 14.0. The largest absolute Gasteiger partial charge is 0.373 e. The number of rotatable bonds is 11. The minimum atomic E-state index is -1.29. The number of hydrogen-bond acceptors (Lipinski definition) is 6. The highest BCUT2D eigenvalue weighted by molar-refractivity contribution is 8.00. The zero-order valence-electron chi connectivity index (χ0n) is 23.0. The molecule has 12 heteroatoms. The van der Waals surface area contributed by atoms with Crippen LogP contribution in [0.3, 0.4) is 0 Å². The van der Waals surface area contributed by atoms with Crippen molar-refractivity contribution in [2.75, 3.05) is 31.7 Å². The van der Waals surface area contributed by atoms with Gasteiger partial charge in [-0.05, 0) is 41.7 Å². The molecular formula is C28H36F3N5O3S. The zero-order valence-corrected chi connectivity index (χ0v) is 23.9. The van der Waals surface area contributed by atoms with Crippen LogP contribution in [0.4, 0.5) is 18.9 Å². The number of nitrogens with two attached hydrogens (primary N) is 1. The van der Waals surface area contributed by atoms with Crippen LogP contribution in [0.5, 0.6) is 0 Å². The Morgan fingerprint density at radius 2 is 1.73 bits per heavy atom. The van der Waals surface area contributed by atoms with E-state index in [1.54, 1.807) is 19.0 Å². The zero-order chi connectivity index (χ0) is 29.6. The predicted molar refractivity (Wildman–Crippen MR) is 150 cm³/mol. The molecule has 218 valence electrons. The van der Waals surface area contributed by atoms with Crippen LogP contribution in [0.1, 0.15) is 31.4 Å². The SMILES string of the molecule is CC(C)C(Nc1ccc(CNC(=O)[C@@H]2SCCN2C(=O)CC(N)Cc2cc(F)c(F)cc2F)cc1)C(=O)N(C)C. The lowest BCUT2D eigenvalue weighted by Crippen LogP contribution is -2.46. The van der Waals surface area contributed by atoms with Crippen molar-refractivity contribution in [2.24, 2.45) is 11.7 Å². The summed E-state index contributed by atoms with van der Waals surface area (Å²) in [4.78, 5) is 41.2. The first-order chi connectivity index (χ1) is 18.9. The smallest absolute Gasteiger partial charge is 0.253 e. The maximum Gasteiger partial charge on any atom is 0.253 e. The molecule has 0 aliphatic carbocycles. The number of carbonyl (C=O) groups excluding carboxylic acids is 3. The van der Waals surface area contributed by atoms with Gasteiger partial charge in [0.2, 0.25) is 11.8 Å². The number of halogens is 3. The molecule has 0 aromatic heterocycles. The Bertz CT molecular complexity index is 1210. The van der Waals surface area contributed by atoms with E-state index >= 15 is 0 Å². The molecule has 0 spiro atoms. The molecule has 1 saturated heterocycles. The van der Waals surface area contributed by atoms with Crippen LogP contribution in [-0.2, 0) is 27.3 Å². The summed E-state index contributed by atoms with van der Waals surface area (Å²) in [5.41, 5.74) is 7.52. The average Bonchev–Trinajstić information content (AvgIpc) is 3.39. The van der Waals surface area contributed by atoms with Crippen LogP contribution in [0, 0.1) is 23.4 Å². The van der Waals surface area contributed by atoms with Crippen molar-refractivity contribution in [1.82, 2.24) is 15.1 Å². The van der Waals surface area contributed by atoms with Crippen LogP contribution >= 0.6 is 11.8 Å². The van der Waals surface area contributed by atoms with Gasteiger partial charge in [0.1, 0.15) is 11.9 Å². The van der Waals surface area contributed by atoms with E-state index in [9.17, 15) is 27.6 Å². The number of anilines is 1. The van der Waals surface area contributed by atoms with Gasteiger partial charge in [-0.1, -0.05) is 26.0 Å². The van der Waals surface area contributed by atoms with E-state index in [1.807, 2.05) is 38.1 Å². The maximum atomic E-state index is 14.0. The number of hydrogen-bond donors (Lipinski definition) is 3. The fourth-order valence-corrected chi connectivity index (χ4v) is 5.49. The van der Waals surface area contributed by atoms with Gasteiger partial charge in [-0.2, -0.15) is 0 Å². The fraction of sp³-hybridized carbons (Fsp3) is 0.464. The van der Waals surface area contributed by atoms with E-state index in [-0.39, 0.29) is 54.6 Å². The summed E-state index contributed by atoms with van der Waals surface area (Å²) in [5, 5.41) is 5.39. The molecule has 3 rings (SSSR count). The lowest BCUT2D eigenvalue weighted by atomic mass is 10.0. The van der Waals surface area contributed by atoms with Crippen molar-refractivity contribution < 1.29 is 27.6 Å². The van der Waals surface area contributed by atoms with Crippen molar-refractivity contribution in [3.63, 3.8) is 0 Å². The van der Waals surface area contributed by atoms with E-state index in [0.717, 1.165) is 17.3 Å². The Morgan fingerprint density at radius 3 is 2.35 bits per heavy atom. The summed E-state index contributed by atoms with van der Waals surface area (Å²) in [6.07, 6.45) is -0.330. The van der Waals surface area contributed by atoms with Gasteiger partial charge in [-0.3, -0.25) is 14.4 Å². The monoisotopic (exact) mass is 579 g/mol. The van der Waals surface area contributed by atoms with Gasteiger partial charge in [-0.15, -0.1) is 11.8 Å². The molecule has 2 aromatic carbocycles. The first kappa shape index (κ1) is 31.3. The van der Waals surface area contributed by atoms with Crippen LogP contribution in [0.15, 0.2) is 36.4 Å². The molecule has 0 radical (unpaired) electrons. The predicted octanol–water partition coefficient (Wildman–Crippen LogP) is 3.11. The third-order valence-corrected chi connectivity index (χ3v) is 7.76. The van der Waals surface area contributed by atoms with E-state index in [0.29, 0.717) is 18.4 Å². The van der Waals surface area contributed by atoms with Crippen molar-refractivity contribution in [3.8, 4) is 0 Å². The Hall–Kier alpha value is -3.25. The molecule has 0 bridgehead atoms. The highest BCUT2D eigenvalue weighted by Crippen LogP contribution is 2.26. The van der Waals surface area contributed by atoms with Gasteiger partial charge in [-0.25, -0.2) is 13.2 Å². The number of amides is 3. The van der Waals surface area contributed by atoms with E-state index < -0.39 is 28.9 Å². The number of nitrogens with zero attached hydrogens (tertiary/aromatic N) is 2. The van der Waals surface area contributed by atoms with Gasteiger partial charge in [0.25, 0.3) is 5.91 Å². The molecule has 3 atom stereocenters. The summed E-state index contributed by atoms with van der Waals surface area (Å²) in [5.74, 6) is -3.47. The summed E-state index contributed by atoms with van der Waals surface area (Å²) < 4.78 is 40.6. The molecule has 2 unspecified atom stereocenters. The van der Waals surface area contributed by atoms with Crippen LogP contribution < -0.4 is 16.4 Å². The molecule has 1 fully saturated rings. The molecule has 1 aliphatic heterocycles. The van der Waals surface area contributed by atoms with Gasteiger partial charge in [0.15, 0.2) is 17.0 Å². The molecular weight excluding hydrogens is 543 g/mol. The molecule has 0 saturated carbocycles. The van der Waals surface area contributed by atoms with Crippen LogP contribution in [-0.4, -0.2) is 71.4 Å². The quantitative estimate of drug-likeness (QED) is 0.353. The second-order valence-electron chi connectivity index (χ2n) is 10.3. The summed E-state index contributed by atoms with van der Waals surface area (Å²) in [6.45, 7) is 4.55. The third-order valence-electron chi connectivity index (χ3n) is 6.56. The Morgan fingerprint density at radius 1 is 1.07 bits per heavy atom. The molecule has 1 aliphatic rings. The Kier molecular flexibility index (Phi) is 10.9. The third kappa shape index (κ3) is 8.14. The van der Waals surface area contributed by atoms with Gasteiger partial charge in [0, 0.05) is 57.2 Å². The van der Waals surface area contributed by atoms with Gasteiger partial charge < -0.3 is 26.2 Å². The van der Waals surface area contributed by atoms with E-state index in [2.05, 4.69) is 10.6 Å². The van der Waals surface area contributed by atoms with Gasteiger partial charge in [0.05, 0.1) is 0 Å². The average molecular weight is 580 g/mol. The highest BCUT2D eigenvalue weighted by atomic mass is 32.2. The minimum Gasteiger partial charge on any atom is -0.373 e. The van der Waals surface area contributed by atoms with Crippen molar-refractivity contribution in [2.45, 2.75) is 50.7 Å². The Balaban J connectivity index is 1.53. The number of likely N-dealkylation sites (N-methyl/N-ethyl adjacent to an activating group) is 1. The van der Waals surface area contributed by atoms with Crippen molar-refractivity contribution in [1.29, 1.82) is 0 Å². The molecule has 1 heterocycles. The van der Waals surface area contributed by atoms with Crippen molar-refractivity contribution >= 4 is 35.2 Å². The fourth-order valence-electron chi connectivity index (χ4n) is 4.33. The second kappa shape index (κ2) is 13.9. The minimum absolute atomic E-state index is 0.0167. The second-order valence-corrected chi connectivity index (χ2v) is 11.5. The standard InChI is InChI=1S/C28H36F3N5O3S/c1-16(2)25(27(39)35(3)4)34-20-7-5-17(6-8-20)15-33-26(38)28-36(9-10-40-28)24(37)13-19(32)11-18-12-22(30)23(31)14-21(18)29/h5-8,12,14,16,19,25,28,34H,9-11,13,15,32H2,1-4H3,(H,33,38)/t19?,25?,28-/m0/s1. The first-order valence-corrected chi connectivity index (χ1v) is 14.1. The highest BCUT2D eigenvalue weighted by Gasteiger charge is 2.35. The number of benzene rings is 2. The van der Waals surface area contributed by atoms with Crippen LogP contribution in [0.2, 0.25) is 0 Å². The summed E-state index contributed by atoms with van der Waals surface area (Å²) >= 11 is 1.33. The molecule has 4 N–H and O–H groups in total. The molecule has 2 aromatic rings. The number of carbonyl (C=O) groups is 3. The van der Waals surface area contributed by atoms with Crippen molar-refractivity contribution in [3.05, 3.63) is 65.0 Å². The van der Waals surface area contributed by atoms with E-state index in [1.165, 1.54) is 16.7 Å². The number of nitrogens with one attached hydrogen (secondary N) is 2. The summed E-state index contributed by atoms with van der Waals surface area (Å²) in [7, 11) is 3.43. The Labute approximate surface area is 236 Å². The van der Waals surface area contributed by atoms with E-state index in [4.69, 9.17) is 5.73 Å². The first-order valence-electron chi connectivity index (χ1n) is 13.0. The molecule has 40 heavy (non-hydrogen) atoms. The molecule has 3 amide bonds. The van der Waals surface area contributed by atoms with Crippen LogP contribution in [0.25, 0.3) is 0 Å². The lowest BCUT2D eigenvalue weighted by Gasteiger charge is -2.26. The van der Waals surface area contributed by atoms with Gasteiger partial charge >= 0.3 is 0 Å². The topological polar surface area (TPSA) is 108 Å². The normalized spacial score (nSPS) is 16.5. The molecule has 8 nitrogen and oxygen atoms in total. The summed E-state index contributed by atoms with van der Waals surface area (Å²) in [6, 6.07) is 7.38.